The molecule has 0 aliphatic rings. The highest BCUT2D eigenvalue weighted by Gasteiger charge is 2.15. The van der Waals surface area contributed by atoms with Crippen molar-refractivity contribution in [1.29, 1.82) is 0 Å². The van der Waals surface area contributed by atoms with Gasteiger partial charge in [0.25, 0.3) is 0 Å². The van der Waals surface area contributed by atoms with Gasteiger partial charge in [-0.2, -0.15) is 0 Å². The molecule has 0 atom stereocenters. The largest absolute Gasteiger partial charge is 0.383 e. The summed E-state index contributed by atoms with van der Waals surface area (Å²) in [5.74, 6) is -0.529. The fraction of sp³-hybridized carbons (Fsp3) is 0.125. The molecule has 21 heavy (non-hydrogen) atoms. The second-order valence-corrected chi connectivity index (χ2v) is 5.52. The summed E-state index contributed by atoms with van der Waals surface area (Å²) in [6.45, 7) is 0. The first-order valence-electron chi connectivity index (χ1n) is 6.28. The third-order valence-electron chi connectivity index (χ3n) is 2.78. The van der Waals surface area contributed by atoms with Crippen LogP contribution in [0.5, 0.6) is 0 Å². The van der Waals surface area contributed by atoms with Gasteiger partial charge in [0.1, 0.15) is 10.4 Å². The Labute approximate surface area is 131 Å². The number of allylic oxidation sites excluding steroid dienone is 1. The number of aromatic nitrogens is 1. The third kappa shape index (κ3) is 3.98. The van der Waals surface area contributed by atoms with E-state index in [4.69, 9.17) is 0 Å². The lowest BCUT2D eigenvalue weighted by atomic mass is 9.98. The molecule has 0 amide bonds. The van der Waals surface area contributed by atoms with Gasteiger partial charge in [-0.05, 0) is 57.9 Å². The Hall–Kier alpha value is -2.01. The zero-order valence-electron chi connectivity index (χ0n) is 11.7. The van der Waals surface area contributed by atoms with E-state index in [1.54, 1.807) is 29.4 Å². The monoisotopic (exact) mass is 348 g/mol. The van der Waals surface area contributed by atoms with Gasteiger partial charge >= 0.3 is 0 Å². The Morgan fingerprint density at radius 1 is 1.19 bits per heavy atom. The van der Waals surface area contributed by atoms with Crippen molar-refractivity contribution in [3.63, 3.8) is 0 Å². The normalized spacial score (nSPS) is 11.3. The van der Waals surface area contributed by atoms with Gasteiger partial charge in [0.05, 0.1) is 0 Å². The molecular weight excluding hydrogens is 335 g/mol. The maximum Gasteiger partial charge on any atom is 0.195 e. The molecule has 0 fully saturated rings. The van der Waals surface area contributed by atoms with Crippen LogP contribution in [0.2, 0.25) is 0 Å². The molecule has 0 N–H and O–H groups in total. The minimum Gasteiger partial charge on any atom is -0.383 e. The fourth-order valence-corrected chi connectivity index (χ4v) is 2.21. The lowest BCUT2D eigenvalue weighted by Gasteiger charge is -2.12. The van der Waals surface area contributed by atoms with Crippen LogP contribution in [0.25, 0.3) is 5.57 Å². The van der Waals surface area contributed by atoms with Gasteiger partial charge in [-0.15, -0.1) is 0 Å². The average molecular weight is 349 g/mol. The molecule has 0 saturated heterocycles. The zero-order chi connectivity index (χ0) is 15.4. The highest BCUT2D eigenvalue weighted by Crippen LogP contribution is 2.22. The quantitative estimate of drug-likeness (QED) is 0.479. The molecular formula is C16H14BrFN2O. The summed E-state index contributed by atoms with van der Waals surface area (Å²) in [6.07, 6.45) is 3.37. The van der Waals surface area contributed by atoms with Gasteiger partial charge in [-0.1, -0.05) is 0 Å². The SMILES string of the molecule is CN(C)/C=C(/C(=O)c1ccc(F)cc1)c1ccnc(Br)c1. The van der Waals surface area contributed by atoms with Crippen molar-refractivity contribution >= 4 is 27.3 Å². The summed E-state index contributed by atoms with van der Waals surface area (Å²) in [5, 5.41) is 0. The number of nitrogens with zero attached hydrogens (tertiary/aromatic N) is 2. The molecule has 1 aromatic heterocycles. The Kier molecular flexibility index (Phi) is 4.85. The first-order chi connectivity index (χ1) is 9.97. The summed E-state index contributed by atoms with van der Waals surface area (Å²) < 4.78 is 13.6. The van der Waals surface area contributed by atoms with E-state index in [0.29, 0.717) is 15.7 Å². The minimum absolute atomic E-state index is 0.165. The minimum atomic E-state index is -0.364. The number of ketones is 1. The number of carbonyl (C=O) groups excluding carboxylic acids is 1. The Morgan fingerprint density at radius 2 is 1.86 bits per heavy atom. The van der Waals surface area contributed by atoms with Crippen molar-refractivity contribution in [1.82, 2.24) is 9.88 Å². The molecule has 5 heteroatoms. The highest BCUT2D eigenvalue weighted by atomic mass is 79.9. The molecule has 0 aliphatic heterocycles. The van der Waals surface area contributed by atoms with Crippen LogP contribution in [0.3, 0.4) is 0 Å². The van der Waals surface area contributed by atoms with Crippen LogP contribution in [0.1, 0.15) is 15.9 Å². The van der Waals surface area contributed by atoms with E-state index in [2.05, 4.69) is 20.9 Å². The van der Waals surface area contributed by atoms with Crippen LogP contribution in [0, 0.1) is 5.82 Å². The predicted octanol–water partition coefficient (Wildman–Crippen LogP) is 3.77. The Bertz CT molecular complexity index is 681. The molecule has 0 aliphatic carbocycles. The van der Waals surface area contributed by atoms with Crippen LogP contribution >= 0.6 is 15.9 Å². The molecule has 1 heterocycles. The van der Waals surface area contributed by atoms with Gasteiger partial charge in [-0.3, -0.25) is 4.79 Å². The van der Waals surface area contributed by atoms with E-state index < -0.39 is 0 Å². The summed E-state index contributed by atoms with van der Waals surface area (Å²) in [6, 6.07) is 9.07. The first-order valence-corrected chi connectivity index (χ1v) is 7.07. The predicted molar refractivity (Wildman–Crippen MR) is 84.3 cm³/mol. The molecule has 1 aromatic carbocycles. The van der Waals surface area contributed by atoms with Gasteiger partial charge in [-0.25, -0.2) is 9.37 Å². The van der Waals surface area contributed by atoms with Crippen molar-refractivity contribution < 1.29 is 9.18 Å². The smallest absolute Gasteiger partial charge is 0.195 e. The van der Waals surface area contributed by atoms with Gasteiger partial charge in [0, 0.05) is 37.6 Å². The van der Waals surface area contributed by atoms with Crippen molar-refractivity contribution in [2.24, 2.45) is 0 Å². The summed E-state index contributed by atoms with van der Waals surface area (Å²) in [7, 11) is 3.68. The van der Waals surface area contributed by atoms with Crippen LogP contribution in [0.15, 0.2) is 53.4 Å². The number of halogens is 2. The molecule has 0 radical (unpaired) electrons. The average Bonchev–Trinajstić information content (AvgIpc) is 2.44. The lowest BCUT2D eigenvalue weighted by molar-refractivity contribution is 0.105. The van der Waals surface area contributed by atoms with Crippen molar-refractivity contribution in [3.8, 4) is 0 Å². The van der Waals surface area contributed by atoms with Crippen LogP contribution in [0.4, 0.5) is 4.39 Å². The van der Waals surface area contributed by atoms with Gasteiger partial charge < -0.3 is 4.90 Å². The molecule has 2 aromatic rings. The standard InChI is InChI=1S/C16H14BrFN2O/c1-20(2)10-14(12-7-8-19-15(17)9-12)16(21)11-3-5-13(18)6-4-11/h3-10H,1-2H3/b14-10+. The third-order valence-corrected chi connectivity index (χ3v) is 3.21. The number of hydrogen-bond donors (Lipinski definition) is 0. The number of benzene rings is 1. The number of pyridine rings is 1. The maximum atomic E-state index is 13.0. The van der Waals surface area contributed by atoms with Crippen molar-refractivity contribution in [3.05, 3.63) is 70.3 Å². The highest BCUT2D eigenvalue weighted by molar-refractivity contribution is 9.10. The molecule has 0 bridgehead atoms. The maximum absolute atomic E-state index is 13.0. The van der Waals surface area contributed by atoms with Crippen LogP contribution in [-0.4, -0.2) is 29.8 Å². The van der Waals surface area contributed by atoms with Gasteiger partial charge in [0.15, 0.2) is 5.78 Å². The summed E-state index contributed by atoms with van der Waals surface area (Å²) >= 11 is 3.30. The first kappa shape index (κ1) is 15.4. The number of Topliss-reactive ketones (excluding diaryl/α,β-unsaturated/α-hetero) is 1. The molecule has 0 spiro atoms. The fourth-order valence-electron chi connectivity index (χ4n) is 1.85. The van der Waals surface area contributed by atoms with Crippen molar-refractivity contribution in [2.45, 2.75) is 0 Å². The second-order valence-electron chi connectivity index (χ2n) is 4.71. The van der Waals surface area contributed by atoms with E-state index >= 15 is 0 Å². The zero-order valence-corrected chi connectivity index (χ0v) is 13.3. The topological polar surface area (TPSA) is 33.2 Å². The molecule has 0 unspecified atom stereocenters. The Balaban J connectivity index is 2.46. The van der Waals surface area contributed by atoms with E-state index in [-0.39, 0.29) is 11.6 Å². The van der Waals surface area contributed by atoms with Crippen molar-refractivity contribution in [2.75, 3.05) is 14.1 Å². The lowest BCUT2D eigenvalue weighted by Crippen LogP contribution is -2.09. The summed E-state index contributed by atoms with van der Waals surface area (Å²) in [5.41, 5.74) is 1.71. The van der Waals surface area contributed by atoms with E-state index in [0.717, 1.165) is 5.56 Å². The number of carbonyl (C=O) groups is 1. The van der Waals surface area contributed by atoms with E-state index in [1.807, 2.05) is 14.1 Å². The number of rotatable bonds is 4. The van der Waals surface area contributed by atoms with Crippen LogP contribution < -0.4 is 0 Å². The second kappa shape index (κ2) is 6.63. The molecule has 2 rings (SSSR count). The van der Waals surface area contributed by atoms with Crippen LogP contribution in [-0.2, 0) is 0 Å². The molecule has 3 nitrogen and oxygen atoms in total. The Morgan fingerprint density at radius 3 is 2.43 bits per heavy atom. The molecule has 108 valence electrons. The molecule has 0 saturated carbocycles. The summed E-state index contributed by atoms with van der Waals surface area (Å²) in [4.78, 5) is 18.5. The van der Waals surface area contributed by atoms with Gasteiger partial charge in [0.2, 0.25) is 0 Å². The van der Waals surface area contributed by atoms with E-state index in [9.17, 15) is 9.18 Å². The number of hydrogen-bond acceptors (Lipinski definition) is 3. The van der Waals surface area contributed by atoms with E-state index in [1.165, 1.54) is 24.3 Å².